The minimum absolute atomic E-state index is 0.247. The van der Waals surface area contributed by atoms with Crippen LogP contribution in [0.3, 0.4) is 0 Å². The van der Waals surface area contributed by atoms with Crippen molar-refractivity contribution in [3.8, 4) is 0 Å². The zero-order chi connectivity index (χ0) is 15.5. The summed E-state index contributed by atoms with van der Waals surface area (Å²) < 4.78 is 0. The lowest BCUT2D eigenvalue weighted by atomic mass is 9.90. The van der Waals surface area contributed by atoms with Crippen molar-refractivity contribution in [1.82, 2.24) is 15.3 Å². The van der Waals surface area contributed by atoms with Gasteiger partial charge < -0.3 is 10.4 Å². The standard InChI is InChI=1S/C15H17N3O3/c1-15(2,14(20)21)5-6-18-13(19)10-3-4-11-12(9-10)17-8-7-16-11/h3-4,7-9H,5-6H2,1-2H3,(H,18,19)(H,20,21). The van der Waals surface area contributed by atoms with Crippen LogP contribution in [0.5, 0.6) is 0 Å². The number of carbonyl (C=O) groups is 2. The largest absolute Gasteiger partial charge is 0.481 e. The van der Waals surface area contributed by atoms with Gasteiger partial charge in [-0.25, -0.2) is 0 Å². The third-order valence-corrected chi connectivity index (χ3v) is 3.35. The van der Waals surface area contributed by atoms with Crippen molar-refractivity contribution < 1.29 is 14.7 Å². The van der Waals surface area contributed by atoms with Crippen molar-refractivity contribution in [2.24, 2.45) is 5.41 Å². The normalized spacial score (nSPS) is 11.3. The molecule has 0 saturated carbocycles. The van der Waals surface area contributed by atoms with E-state index in [-0.39, 0.29) is 5.91 Å². The average molecular weight is 287 g/mol. The Hall–Kier alpha value is -2.50. The smallest absolute Gasteiger partial charge is 0.309 e. The van der Waals surface area contributed by atoms with Crippen molar-refractivity contribution in [2.45, 2.75) is 20.3 Å². The SMILES string of the molecule is CC(C)(CCNC(=O)c1ccc2nccnc2c1)C(=O)O. The maximum absolute atomic E-state index is 12.0. The van der Waals surface area contributed by atoms with Crippen molar-refractivity contribution in [2.75, 3.05) is 6.54 Å². The monoisotopic (exact) mass is 287 g/mol. The van der Waals surface area contributed by atoms with E-state index in [0.29, 0.717) is 24.0 Å². The molecule has 1 amide bonds. The summed E-state index contributed by atoms with van der Waals surface area (Å²) in [5.41, 5.74) is 0.996. The highest BCUT2D eigenvalue weighted by Crippen LogP contribution is 2.19. The summed E-state index contributed by atoms with van der Waals surface area (Å²) in [7, 11) is 0. The molecule has 2 N–H and O–H groups in total. The number of amides is 1. The molecule has 0 fully saturated rings. The lowest BCUT2D eigenvalue weighted by Gasteiger charge is -2.18. The van der Waals surface area contributed by atoms with Crippen LogP contribution >= 0.6 is 0 Å². The first-order valence-electron chi connectivity index (χ1n) is 6.62. The van der Waals surface area contributed by atoms with E-state index in [0.717, 1.165) is 5.52 Å². The van der Waals surface area contributed by atoms with Crippen LogP contribution in [0, 0.1) is 5.41 Å². The maximum atomic E-state index is 12.0. The van der Waals surface area contributed by atoms with Crippen LogP contribution in [0.25, 0.3) is 11.0 Å². The fourth-order valence-electron chi connectivity index (χ4n) is 1.80. The zero-order valence-electron chi connectivity index (χ0n) is 12.0. The highest BCUT2D eigenvalue weighted by molar-refractivity contribution is 5.97. The molecule has 2 rings (SSSR count). The molecule has 0 saturated heterocycles. The second-order valence-corrected chi connectivity index (χ2v) is 5.45. The number of rotatable bonds is 5. The molecule has 21 heavy (non-hydrogen) atoms. The Labute approximate surface area is 122 Å². The van der Waals surface area contributed by atoms with Gasteiger partial charge in [-0.1, -0.05) is 0 Å². The van der Waals surface area contributed by atoms with Crippen molar-refractivity contribution in [3.63, 3.8) is 0 Å². The van der Waals surface area contributed by atoms with E-state index >= 15 is 0 Å². The number of nitrogens with zero attached hydrogens (tertiary/aromatic N) is 2. The molecule has 0 bridgehead atoms. The average Bonchev–Trinajstić information content (AvgIpc) is 2.46. The molecule has 2 aromatic rings. The number of hydrogen-bond acceptors (Lipinski definition) is 4. The second kappa shape index (κ2) is 5.87. The van der Waals surface area contributed by atoms with Crippen molar-refractivity contribution >= 4 is 22.9 Å². The Morgan fingerprint density at radius 2 is 1.86 bits per heavy atom. The number of benzene rings is 1. The minimum Gasteiger partial charge on any atom is -0.481 e. The fourth-order valence-corrected chi connectivity index (χ4v) is 1.80. The number of hydrogen-bond donors (Lipinski definition) is 2. The number of aliphatic carboxylic acids is 1. The molecule has 6 nitrogen and oxygen atoms in total. The van der Waals surface area contributed by atoms with Gasteiger partial charge in [-0.15, -0.1) is 0 Å². The first-order valence-corrected chi connectivity index (χ1v) is 6.62. The highest BCUT2D eigenvalue weighted by Gasteiger charge is 2.26. The van der Waals surface area contributed by atoms with Gasteiger partial charge in [-0.3, -0.25) is 19.6 Å². The molecule has 1 aromatic carbocycles. The third-order valence-electron chi connectivity index (χ3n) is 3.35. The van der Waals surface area contributed by atoms with Crippen LogP contribution in [0.15, 0.2) is 30.6 Å². The number of aromatic nitrogens is 2. The summed E-state index contributed by atoms with van der Waals surface area (Å²) in [6, 6.07) is 5.08. The summed E-state index contributed by atoms with van der Waals surface area (Å²) in [6.07, 6.45) is 3.52. The maximum Gasteiger partial charge on any atom is 0.309 e. The summed E-state index contributed by atoms with van der Waals surface area (Å²) in [6.45, 7) is 3.57. The van der Waals surface area contributed by atoms with E-state index in [1.165, 1.54) is 0 Å². The first kappa shape index (κ1) is 14.9. The van der Waals surface area contributed by atoms with Crippen molar-refractivity contribution in [3.05, 3.63) is 36.2 Å². The Kier molecular flexibility index (Phi) is 4.16. The predicted molar refractivity (Wildman–Crippen MR) is 77.9 cm³/mol. The lowest BCUT2D eigenvalue weighted by Crippen LogP contribution is -2.31. The molecule has 0 atom stereocenters. The Balaban J connectivity index is 2.01. The molecular formula is C15H17N3O3. The molecule has 0 aliphatic rings. The van der Waals surface area contributed by atoms with Gasteiger partial charge in [0.25, 0.3) is 5.91 Å². The van der Waals surface area contributed by atoms with Crippen LogP contribution in [0.4, 0.5) is 0 Å². The van der Waals surface area contributed by atoms with Gasteiger partial charge in [0.2, 0.25) is 0 Å². The van der Waals surface area contributed by atoms with E-state index in [9.17, 15) is 9.59 Å². The molecule has 6 heteroatoms. The Morgan fingerprint density at radius 1 is 1.19 bits per heavy atom. The van der Waals surface area contributed by atoms with E-state index in [1.807, 2.05) is 0 Å². The molecule has 0 aliphatic carbocycles. The summed E-state index contributed by atoms with van der Waals surface area (Å²) in [5.74, 6) is -1.12. The molecule has 0 spiro atoms. The summed E-state index contributed by atoms with van der Waals surface area (Å²) in [5, 5.41) is 11.7. The van der Waals surface area contributed by atoms with Gasteiger partial charge in [-0.2, -0.15) is 0 Å². The van der Waals surface area contributed by atoms with Gasteiger partial charge in [-0.05, 0) is 38.5 Å². The molecule has 0 unspecified atom stereocenters. The number of nitrogens with one attached hydrogen (secondary N) is 1. The van der Waals surface area contributed by atoms with Crippen LogP contribution in [-0.4, -0.2) is 33.5 Å². The molecule has 1 aromatic heterocycles. The third kappa shape index (κ3) is 3.53. The lowest BCUT2D eigenvalue weighted by molar-refractivity contribution is -0.147. The van der Waals surface area contributed by atoms with E-state index in [4.69, 9.17) is 5.11 Å². The number of carbonyl (C=O) groups excluding carboxylic acids is 1. The van der Waals surface area contributed by atoms with Crippen LogP contribution in [0.2, 0.25) is 0 Å². The van der Waals surface area contributed by atoms with Gasteiger partial charge in [0.15, 0.2) is 0 Å². The van der Waals surface area contributed by atoms with E-state index < -0.39 is 11.4 Å². The van der Waals surface area contributed by atoms with Gasteiger partial charge >= 0.3 is 5.97 Å². The Morgan fingerprint density at radius 3 is 2.52 bits per heavy atom. The molecule has 1 heterocycles. The van der Waals surface area contributed by atoms with E-state index in [2.05, 4.69) is 15.3 Å². The quantitative estimate of drug-likeness (QED) is 0.875. The van der Waals surface area contributed by atoms with Crippen LogP contribution < -0.4 is 5.32 Å². The Bertz CT molecular complexity index is 683. The highest BCUT2D eigenvalue weighted by atomic mass is 16.4. The van der Waals surface area contributed by atoms with Gasteiger partial charge in [0.1, 0.15) is 0 Å². The van der Waals surface area contributed by atoms with Gasteiger partial charge in [0.05, 0.1) is 16.4 Å². The van der Waals surface area contributed by atoms with Crippen LogP contribution in [-0.2, 0) is 4.79 Å². The number of carboxylic acids is 1. The minimum atomic E-state index is -0.877. The van der Waals surface area contributed by atoms with Gasteiger partial charge in [0, 0.05) is 24.5 Å². The first-order chi connectivity index (χ1) is 9.90. The summed E-state index contributed by atoms with van der Waals surface area (Å²) >= 11 is 0. The fraction of sp³-hybridized carbons (Fsp3) is 0.333. The molecule has 0 aliphatic heterocycles. The van der Waals surface area contributed by atoms with Crippen LogP contribution in [0.1, 0.15) is 30.6 Å². The number of fused-ring (bicyclic) bond motifs is 1. The molecular weight excluding hydrogens is 270 g/mol. The number of carboxylic acid groups (broad SMARTS) is 1. The molecule has 110 valence electrons. The predicted octanol–water partition coefficient (Wildman–Crippen LogP) is 1.86. The van der Waals surface area contributed by atoms with Crippen molar-refractivity contribution in [1.29, 1.82) is 0 Å². The molecule has 0 radical (unpaired) electrons. The topological polar surface area (TPSA) is 92.2 Å². The summed E-state index contributed by atoms with van der Waals surface area (Å²) in [4.78, 5) is 31.3. The second-order valence-electron chi connectivity index (χ2n) is 5.45. The van der Waals surface area contributed by atoms with E-state index in [1.54, 1.807) is 44.4 Å². The zero-order valence-corrected chi connectivity index (χ0v) is 12.0.